The first-order valence-electron chi connectivity index (χ1n) is 5.68. The van der Waals surface area contributed by atoms with Gasteiger partial charge in [0.05, 0.1) is 9.85 Å². The van der Waals surface area contributed by atoms with Crippen LogP contribution in [0.5, 0.6) is 0 Å². The zero-order chi connectivity index (χ0) is 15.3. The molecular formula is C11H14N4O5. The lowest BCUT2D eigenvalue weighted by atomic mass is 10.1. The average molecular weight is 282 g/mol. The third kappa shape index (κ3) is 3.99. The Morgan fingerprint density at radius 1 is 1.20 bits per heavy atom. The molecule has 0 radical (unpaired) electrons. The molecule has 1 rings (SSSR count). The molecule has 0 aliphatic carbocycles. The summed E-state index contributed by atoms with van der Waals surface area (Å²) >= 11 is 0. The molecule has 0 aliphatic heterocycles. The third-order valence-corrected chi connectivity index (χ3v) is 2.48. The monoisotopic (exact) mass is 282 g/mol. The predicted molar refractivity (Wildman–Crippen MR) is 70.6 cm³/mol. The fourth-order valence-corrected chi connectivity index (χ4v) is 1.46. The van der Waals surface area contributed by atoms with Crippen molar-refractivity contribution in [2.24, 2.45) is 0 Å². The molecule has 20 heavy (non-hydrogen) atoms. The number of hydrogen-bond donors (Lipinski definition) is 1. The van der Waals surface area contributed by atoms with Crippen LogP contribution < -0.4 is 5.32 Å². The van der Waals surface area contributed by atoms with Crippen molar-refractivity contribution in [1.82, 2.24) is 10.2 Å². The summed E-state index contributed by atoms with van der Waals surface area (Å²) in [5, 5.41) is 24.0. The lowest BCUT2D eigenvalue weighted by Gasteiger charge is -2.10. The van der Waals surface area contributed by atoms with Crippen molar-refractivity contribution in [1.29, 1.82) is 0 Å². The number of nitro benzene ring substituents is 2. The molecule has 0 atom stereocenters. The van der Waals surface area contributed by atoms with E-state index >= 15 is 0 Å². The normalized spacial score (nSPS) is 10.3. The SMILES string of the molecule is CN(C)CCNC(=O)c1ccc([N+](=O)[O-])c([N+](=O)[O-])c1. The van der Waals surface area contributed by atoms with Crippen molar-refractivity contribution in [3.8, 4) is 0 Å². The van der Waals surface area contributed by atoms with Gasteiger partial charge in [0.1, 0.15) is 0 Å². The van der Waals surface area contributed by atoms with Crippen LogP contribution in [0.4, 0.5) is 11.4 Å². The van der Waals surface area contributed by atoms with Crippen LogP contribution in [0, 0.1) is 20.2 Å². The molecule has 1 amide bonds. The standard InChI is InChI=1S/C11H14N4O5/c1-13(2)6-5-12-11(16)8-3-4-9(14(17)18)10(7-8)15(19)20/h3-4,7H,5-6H2,1-2H3,(H,12,16). The Balaban J connectivity index is 2.92. The minimum atomic E-state index is -0.880. The molecule has 0 bridgehead atoms. The Morgan fingerprint density at radius 3 is 2.30 bits per heavy atom. The van der Waals surface area contributed by atoms with Crippen LogP contribution in [0.1, 0.15) is 10.4 Å². The minimum Gasteiger partial charge on any atom is -0.351 e. The van der Waals surface area contributed by atoms with Crippen LogP contribution in [0.15, 0.2) is 18.2 Å². The number of carbonyl (C=O) groups excluding carboxylic acids is 1. The van der Waals surface area contributed by atoms with Gasteiger partial charge in [0.15, 0.2) is 0 Å². The molecule has 0 saturated heterocycles. The molecule has 0 aromatic heterocycles. The zero-order valence-electron chi connectivity index (χ0n) is 11.0. The van der Waals surface area contributed by atoms with Gasteiger partial charge >= 0.3 is 11.4 Å². The van der Waals surface area contributed by atoms with Gasteiger partial charge in [-0.1, -0.05) is 0 Å². The highest BCUT2D eigenvalue weighted by Crippen LogP contribution is 2.27. The van der Waals surface area contributed by atoms with E-state index in [2.05, 4.69) is 5.32 Å². The summed E-state index contributed by atoms with van der Waals surface area (Å²) in [5.41, 5.74) is -1.32. The number of nitrogens with zero attached hydrogens (tertiary/aromatic N) is 3. The number of amides is 1. The lowest BCUT2D eigenvalue weighted by Crippen LogP contribution is -2.31. The van der Waals surface area contributed by atoms with Gasteiger partial charge in [0.25, 0.3) is 5.91 Å². The second-order valence-electron chi connectivity index (χ2n) is 4.28. The number of likely N-dealkylation sites (N-methyl/N-ethyl adjacent to an activating group) is 1. The Morgan fingerprint density at radius 2 is 1.80 bits per heavy atom. The van der Waals surface area contributed by atoms with Gasteiger partial charge < -0.3 is 10.2 Å². The molecule has 1 aromatic rings. The van der Waals surface area contributed by atoms with Crippen molar-refractivity contribution in [3.05, 3.63) is 44.0 Å². The van der Waals surface area contributed by atoms with Gasteiger partial charge in [-0.3, -0.25) is 25.0 Å². The summed E-state index contributed by atoms with van der Waals surface area (Å²) in [5.74, 6) is -0.509. The topological polar surface area (TPSA) is 119 Å². The Kier molecular flexibility index (Phi) is 5.09. The van der Waals surface area contributed by atoms with E-state index in [1.54, 1.807) is 0 Å². The van der Waals surface area contributed by atoms with Crippen molar-refractivity contribution < 1.29 is 14.6 Å². The Bertz CT molecular complexity index is 544. The molecule has 0 heterocycles. The lowest BCUT2D eigenvalue weighted by molar-refractivity contribution is -0.422. The predicted octanol–water partition coefficient (Wildman–Crippen LogP) is 0.794. The van der Waals surface area contributed by atoms with Gasteiger partial charge in [-0.25, -0.2) is 0 Å². The summed E-state index contributed by atoms with van der Waals surface area (Å²) in [6, 6.07) is 3.05. The summed E-state index contributed by atoms with van der Waals surface area (Å²) in [6.45, 7) is 0.984. The number of benzene rings is 1. The van der Waals surface area contributed by atoms with Crippen LogP contribution in [0.3, 0.4) is 0 Å². The number of rotatable bonds is 6. The molecule has 0 saturated carbocycles. The molecule has 1 N–H and O–H groups in total. The smallest absolute Gasteiger partial charge is 0.346 e. The van der Waals surface area contributed by atoms with E-state index in [9.17, 15) is 25.0 Å². The first kappa shape index (κ1) is 15.5. The second-order valence-corrected chi connectivity index (χ2v) is 4.28. The van der Waals surface area contributed by atoms with Crippen molar-refractivity contribution in [3.63, 3.8) is 0 Å². The summed E-state index contributed by atoms with van der Waals surface area (Å²) in [7, 11) is 3.67. The molecular weight excluding hydrogens is 268 g/mol. The molecule has 1 aromatic carbocycles. The zero-order valence-corrected chi connectivity index (χ0v) is 11.0. The van der Waals surface area contributed by atoms with E-state index in [4.69, 9.17) is 0 Å². The molecule has 108 valence electrons. The number of hydrogen-bond acceptors (Lipinski definition) is 6. The maximum absolute atomic E-state index is 11.8. The minimum absolute atomic E-state index is 0.0149. The average Bonchev–Trinajstić information content (AvgIpc) is 2.37. The third-order valence-electron chi connectivity index (χ3n) is 2.48. The van der Waals surface area contributed by atoms with Crippen LogP contribution in [0.2, 0.25) is 0 Å². The van der Waals surface area contributed by atoms with Crippen LogP contribution in [0.25, 0.3) is 0 Å². The first-order valence-corrected chi connectivity index (χ1v) is 5.68. The molecule has 0 spiro atoms. The van der Waals surface area contributed by atoms with Gasteiger partial charge in [0.2, 0.25) is 0 Å². The van der Waals surface area contributed by atoms with Crippen LogP contribution in [-0.2, 0) is 0 Å². The summed E-state index contributed by atoms with van der Waals surface area (Å²) in [4.78, 5) is 33.3. The van der Waals surface area contributed by atoms with Crippen molar-refractivity contribution in [2.45, 2.75) is 0 Å². The molecule has 0 unspecified atom stereocenters. The van der Waals surface area contributed by atoms with Gasteiger partial charge in [-0.2, -0.15) is 0 Å². The number of nitrogens with one attached hydrogen (secondary N) is 1. The van der Waals surface area contributed by atoms with Crippen LogP contribution in [-0.4, -0.2) is 47.8 Å². The fraction of sp³-hybridized carbons (Fsp3) is 0.364. The second kappa shape index (κ2) is 6.57. The molecule has 0 aliphatic rings. The van der Waals surface area contributed by atoms with Gasteiger partial charge in [-0.05, 0) is 20.2 Å². The Labute approximate surface area is 114 Å². The Hall–Kier alpha value is -2.55. The molecule has 0 fully saturated rings. The van der Waals surface area contributed by atoms with Gasteiger partial charge in [-0.15, -0.1) is 0 Å². The fourth-order valence-electron chi connectivity index (χ4n) is 1.46. The van der Waals surface area contributed by atoms with E-state index in [1.807, 2.05) is 19.0 Å². The maximum Gasteiger partial charge on any atom is 0.346 e. The van der Waals surface area contributed by atoms with E-state index < -0.39 is 27.1 Å². The summed E-state index contributed by atoms with van der Waals surface area (Å²) in [6.07, 6.45) is 0. The summed E-state index contributed by atoms with van der Waals surface area (Å²) < 4.78 is 0. The quantitative estimate of drug-likeness (QED) is 0.608. The highest BCUT2D eigenvalue weighted by atomic mass is 16.6. The van der Waals surface area contributed by atoms with Crippen molar-refractivity contribution >= 4 is 17.3 Å². The van der Waals surface area contributed by atoms with Crippen LogP contribution >= 0.6 is 0 Å². The number of carbonyl (C=O) groups is 1. The highest BCUT2D eigenvalue weighted by Gasteiger charge is 2.25. The van der Waals surface area contributed by atoms with E-state index in [0.29, 0.717) is 13.1 Å². The van der Waals surface area contributed by atoms with Gasteiger partial charge in [0, 0.05) is 30.8 Å². The first-order chi connectivity index (χ1) is 9.32. The molecule has 9 nitrogen and oxygen atoms in total. The van der Waals surface area contributed by atoms with Crippen molar-refractivity contribution in [2.75, 3.05) is 27.2 Å². The van der Waals surface area contributed by atoms with E-state index in [0.717, 1.165) is 12.1 Å². The largest absolute Gasteiger partial charge is 0.351 e. The van der Waals surface area contributed by atoms with E-state index in [1.165, 1.54) is 6.07 Å². The maximum atomic E-state index is 11.8. The highest BCUT2D eigenvalue weighted by molar-refractivity contribution is 5.95. The number of nitro groups is 2. The van der Waals surface area contributed by atoms with E-state index in [-0.39, 0.29) is 5.56 Å². The molecule has 9 heteroatoms.